The molecule has 0 aromatic heterocycles. The van der Waals surface area contributed by atoms with Crippen LogP contribution in [0.25, 0.3) is 0 Å². The summed E-state index contributed by atoms with van der Waals surface area (Å²) in [5.74, 6) is -0.590. The predicted molar refractivity (Wildman–Crippen MR) is 205 cm³/mol. The molecule has 3 rings (SSSR count). The van der Waals surface area contributed by atoms with Crippen LogP contribution >= 0.6 is 0 Å². The number of carbonyl (C=O) groups excluding carboxylic acids is 3. The lowest BCUT2D eigenvalue weighted by Crippen LogP contribution is -2.25. The number of esters is 3. The van der Waals surface area contributed by atoms with Crippen LogP contribution < -0.4 is 14.2 Å². The maximum Gasteiger partial charge on any atom is 0.523 e. The molecule has 0 heterocycles. The fraction of sp³-hybridized carbons (Fsp3) is 0.447. The van der Waals surface area contributed by atoms with Gasteiger partial charge in [0.05, 0.1) is 62.9 Å². The Balaban J connectivity index is 0.000000781. The largest absolute Gasteiger partial charge is 0.523 e. The Morgan fingerprint density at radius 1 is 0.525 bits per heavy atom. The van der Waals surface area contributed by atoms with Crippen LogP contribution in [0, 0.1) is 0 Å². The van der Waals surface area contributed by atoms with Gasteiger partial charge in [0.2, 0.25) is 0 Å². The van der Waals surface area contributed by atoms with E-state index >= 15 is 0 Å². The first-order chi connectivity index (χ1) is 27.9. The number of methoxy groups -OCH3 is 2. The van der Waals surface area contributed by atoms with Crippen molar-refractivity contribution in [2.24, 2.45) is 0 Å². The van der Waals surface area contributed by atoms with Crippen LogP contribution in [0.1, 0.15) is 65.7 Å². The number of hydrogen-bond acceptors (Lipinski definition) is 17. The SMILES string of the molecule is CCOC(=O)c1ccc(O)c(O)c1.CCOC(=O)c1ccc(OCCOC)c(O)c1.CCOC(=O)c1ccc(OCCOC)c(OCC)c1.CCOS(=O)(=O)C(F)(F)F. The summed E-state index contributed by atoms with van der Waals surface area (Å²) in [6, 6.07) is 13.2. The van der Waals surface area contributed by atoms with Gasteiger partial charge in [-0.05, 0) is 89.2 Å². The van der Waals surface area contributed by atoms with E-state index in [0.717, 1.165) is 13.0 Å². The summed E-state index contributed by atoms with van der Waals surface area (Å²) in [4.78, 5) is 34.1. The quantitative estimate of drug-likeness (QED) is 0.0331. The number of phenols is 3. The van der Waals surface area contributed by atoms with Gasteiger partial charge in [0, 0.05) is 14.2 Å². The molecule has 0 amide bonds. The van der Waals surface area contributed by atoms with E-state index < -0.39 is 34.2 Å². The minimum absolute atomic E-state index is 0.0911. The minimum atomic E-state index is -5.35. The van der Waals surface area contributed by atoms with E-state index in [0.29, 0.717) is 74.6 Å². The highest BCUT2D eigenvalue weighted by Crippen LogP contribution is 2.30. The van der Waals surface area contributed by atoms with Crippen molar-refractivity contribution in [3.05, 3.63) is 71.3 Å². The molecule has 3 aromatic rings. The molecule has 3 aromatic carbocycles. The number of phenolic OH excluding ortho intramolecular Hbond substituents is 3. The number of alkyl halides is 3. The molecule has 59 heavy (non-hydrogen) atoms. The van der Waals surface area contributed by atoms with Gasteiger partial charge < -0.3 is 53.2 Å². The maximum atomic E-state index is 11.6. The molecule has 0 fully saturated rings. The van der Waals surface area contributed by atoms with Crippen LogP contribution in [0.2, 0.25) is 0 Å². The van der Waals surface area contributed by atoms with E-state index in [4.69, 9.17) is 48.1 Å². The van der Waals surface area contributed by atoms with Crippen LogP contribution in [0.5, 0.6) is 34.5 Å². The van der Waals surface area contributed by atoms with Crippen molar-refractivity contribution in [1.29, 1.82) is 0 Å². The van der Waals surface area contributed by atoms with Crippen molar-refractivity contribution in [3.8, 4) is 34.5 Å². The smallest absolute Gasteiger partial charge is 0.504 e. The van der Waals surface area contributed by atoms with E-state index in [9.17, 15) is 41.1 Å². The average molecular weight is 869 g/mol. The lowest BCUT2D eigenvalue weighted by molar-refractivity contribution is -0.0539. The second-order valence-corrected chi connectivity index (χ2v) is 12.2. The van der Waals surface area contributed by atoms with E-state index in [1.807, 2.05) is 6.92 Å². The Morgan fingerprint density at radius 2 is 0.949 bits per heavy atom. The number of ether oxygens (including phenoxy) is 8. The number of hydrogen-bond donors (Lipinski definition) is 3. The van der Waals surface area contributed by atoms with Crippen molar-refractivity contribution in [1.82, 2.24) is 0 Å². The van der Waals surface area contributed by atoms with Crippen molar-refractivity contribution in [2.75, 3.05) is 73.7 Å². The minimum Gasteiger partial charge on any atom is -0.504 e. The second kappa shape index (κ2) is 28.8. The zero-order valence-corrected chi connectivity index (χ0v) is 34.5. The van der Waals surface area contributed by atoms with Crippen molar-refractivity contribution in [3.63, 3.8) is 0 Å². The maximum absolute atomic E-state index is 11.6. The van der Waals surface area contributed by atoms with Gasteiger partial charge >= 0.3 is 33.5 Å². The third-order valence-electron chi connectivity index (χ3n) is 6.36. The predicted octanol–water partition coefficient (Wildman–Crippen LogP) is 6.03. The Kier molecular flexibility index (Phi) is 26.1. The molecule has 21 heteroatoms. The van der Waals surface area contributed by atoms with E-state index in [2.05, 4.69) is 4.18 Å². The monoisotopic (exact) mass is 868 g/mol. The molecule has 0 aliphatic rings. The highest BCUT2D eigenvalue weighted by molar-refractivity contribution is 7.87. The van der Waals surface area contributed by atoms with E-state index in [-0.39, 0.29) is 35.4 Å². The van der Waals surface area contributed by atoms with Gasteiger partial charge in [-0.25, -0.2) is 14.4 Å². The van der Waals surface area contributed by atoms with Gasteiger partial charge in [-0.15, -0.1) is 0 Å². The summed E-state index contributed by atoms with van der Waals surface area (Å²) >= 11 is 0. The molecule has 0 radical (unpaired) electrons. The Bertz CT molecular complexity index is 1820. The molecule has 0 bridgehead atoms. The molecule has 3 N–H and O–H groups in total. The van der Waals surface area contributed by atoms with Crippen LogP contribution in [0.3, 0.4) is 0 Å². The second-order valence-electron chi connectivity index (χ2n) is 10.6. The fourth-order valence-electron chi connectivity index (χ4n) is 3.77. The first-order valence-corrected chi connectivity index (χ1v) is 19.1. The number of benzene rings is 3. The molecule has 0 saturated carbocycles. The Labute approximate surface area is 340 Å². The average Bonchev–Trinajstić information content (AvgIpc) is 3.18. The van der Waals surface area contributed by atoms with E-state index in [1.54, 1.807) is 59.3 Å². The third-order valence-corrected chi connectivity index (χ3v) is 7.47. The van der Waals surface area contributed by atoms with Crippen LogP contribution in [0.4, 0.5) is 13.2 Å². The lowest BCUT2D eigenvalue weighted by atomic mass is 10.2. The van der Waals surface area contributed by atoms with E-state index in [1.165, 1.54) is 24.3 Å². The van der Waals surface area contributed by atoms with Gasteiger partial charge in [0.15, 0.2) is 34.5 Å². The summed E-state index contributed by atoms with van der Waals surface area (Å²) in [5, 5.41) is 27.6. The standard InChI is InChI=1S/C14H20O5.C12H16O5.C9H10O4.C3H5F3O3S/c1-4-17-13-10-11(14(15)18-5-2)6-7-12(13)19-9-8-16-3;1-3-16-12(14)9-4-5-11(10(13)8-9)17-7-6-15-2;1-2-13-9(12)6-3-4-7(10)8(11)5-6;1-2-9-10(7,8)3(4,5)6/h6-7,10H,4-5,8-9H2,1-3H3;4-5,8,13H,3,6-7H2,1-2H3;3-5,10-11H,2H2,1H3;2H2,1H3. The summed E-state index contributed by atoms with van der Waals surface area (Å²) < 4.78 is 97.6. The van der Waals surface area contributed by atoms with Crippen molar-refractivity contribution < 1.29 is 93.4 Å². The molecule has 0 unspecified atom stereocenters. The molecule has 0 aliphatic heterocycles. The number of halogens is 3. The molecule has 0 atom stereocenters. The number of carbonyl (C=O) groups is 3. The topological polar surface area (TPSA) is 229 Å². The lowest BCUT2D eigenvalue weighted by Gasteiger charge is -2.12. The van der Waals surface area contributed by atoms with Crippen molar-refractivity contribution in [2.45, 2.75) is 40.1 Å². The molecular formula is C38H51F3O17S. The van der Waals surface area contributed by atoms with Crippen molar-refractivity contribution >= 4 is 28.0 Å². The van der Waals surface area contributed by atoms with Gasteiger partial charge in [-0.2, -0.15) is 21.6 Å². The molecule has 332 valence electrons. The van der Waals surface area contributed by atoms with Crippen LogP contribution in [0.15, 0.2) is 54.6 Å². The Hall–Kier alpha value is -5.51. The third kappa shape index (κ3) is 20.7. The molecule has 0 saturated heterocycles. The Morgan fingerprint density at radius 3 is 1.32 bits per heavy atom. The highest BCUT2D eigenvalue weighted by atomic mass is 32.2. The normalized spacial score (nSPS) is 10.5. The van der Waals surface area contributed by atoms with Gasteiger partial charge in [-0.3, -0.25) is 4.18 Å². The number of rotatable bonds is 18. The molecular weight excluding hydrogens is 817 g/mol. The number of aromatic hydroxyl groups is 3. The molecule has 0 spiro atoms. The van der Waals surface area contributed by atoms with Crippen LogP contribution in [-0.2, 0) is 38.0 Å². The summed E-state index contributed by atoms with van der Waals surface area (Å²) in [7, 11) is -2.18. The fourth-order valence-corrected chi connectivity index (χ4v) is 4.22. The zero-order chi connectivity index (χ0) is 45.0. The zero-order valence-electron chi connectivity index (χ0n) is 33.7. The first kappa shape index (κ1) is 53.5. The summed E-state index contributed by atoms with van der Waals surface area (Å²) in [6.45, 7) is 10.8. The summed E-state index contributed by atoms with van der Waals surface area (Å²) in [5.41, 5.74) is -4.34. The first-order valence-electron chi connectivity index (χ1n) is 17.7. The molecule has 17 nitrogen and oxygen atoms in total. The van der Waals surface area contributed by atoms with Gasteiger partial charge in [0.25, 0.3) is 0 Å². The van der Waals surface area contributed by atoms with Gasteiger partial charge in [0.1, 0.15) is 13.2 Å². The molecule has 0 aliphatic carbocycles. The highest BCUT2D eigenvalue weighted by Gasteiger charge is 2.46. The van der Waals surface area contributed by atoms with Crippen LogP contribution in [-0.4, -0.2) is 121 Å². The van der Waals surface area contributed by atoms with Gasteiger partial charge in [-0.1, -0.05) is 0 Å². The summed E-state index contributed by atoms with van der Waals surface area (Å²) in [6.07, 6.45) is 0.